The van der Waals surface area contributed by atoms with E-state index in [0.29, 0.717) is 5.41 Å². The Labute approximate surface area is 125 Å². The maximum Gasteiger partial charge on any atom is 0.0472 e. The molecular formula is C17H34N2O. The molecule has 0 spiro atoms. The number of hydrogen-bond acceptors (Lipinski definition) is 3. The fourth-order valence-electron chi connectivity index (χ4n) is 3.93. The van der Waals surface area contributed by atoms with Crippen LogP contribution in [-0.2, 0) is 4.74 Å². The van der Waals surface area contributed by atoms with E-state index in [0.717, 1.165) is 38.3 Å². The molecular weight excluding hydrogens is 248 g/mol. The minimum absolute atomic E-state index is 0.437. The molecule has 1 aliphatic carbocycles. The summed E-state index contributed by atoms with van der Waals surface area (Å²) in [7, 11) is 2.35. The van der Waals surface area contributed by atoms with E-state index in [1.54, 1.807) is 0 Å². The van der Waals surface area contributed by atoms with E-state index in [9.17, 15) is 0 Å². The summed E-state index contributed by atoms with van der Waals surface area (Å²) < 4.78 is 5.60. The van der Waals surface area contributed by atoms with Crippen LogP contribution in [0.4, 0.5) is 0 Å². The molecule has 2 aliphatic rings. The molecule has 0 aromatic carbocycles. The Morgan fingerprint density at radius 1 is 1.15 bits per heavy atom. The minimum Gasteiger partial charge on any atom is -0.381 e. The zero-order valence-corrected chi connectivity index (χ0v) is 13.8. The van der Waals surface area contributed by atoms with Gasteiger partial charge in [0, 0.05) is 32.3 Å². The lowest BCUT2D eigenvalue weighted by Crippen LogP contribution is -2.49. The third kappa shape index (κ3) is 4.44. The smallest absolute Gasteiger partial charge is 0.0472 e. The molecule has 20 heavy (non-hydrogen) atoms. The van der Waals surface area contributed by atoms with Crippen molar-refractivity contribution in [2.24, 2.45) is 11.3 Å². The Balaban J connectivity index is 1.89. The van der Waals surface area contributed by atoms with Crippen molar-refractivity contribution in [1.29, 1.82) is 0 Å². The van der Waals surface area contributed by atoms with Crippen molar-refractivity contribution in [2.75, 3.05) is 39.9 Å². The second-order valence-corrected chi connectivity index (χ2v) is 7.22. The molecule has 3 heteroatoms. The molecule has 0 aromatic heterocycles. The van der Waals surface area contributed by atoms with Crippen LogP contribution in [0.2, 0.25) is 0 Å². The molecule has 0 amide bonds. The van der Waals surface area contributed by atoms with Crippen LogP contribution in [-0.4, -0.2) is 50.8 Å². The SMILES string of the molecule is CCNCC1(CN(C)C2CCC(C)CC2)CCOCC1. The normalized spacial score (nSPS) is 30.6. The zero-order valence-electron chi connectivity index (χ0n) is 13.8. The van der Waals surface area contributed by atoms with Gasteiger partial charge in [-0.2, -0.15) is 0 Å². The van der Waals surface area contributed by atoms with Gasteiger partial charge in [0.2, 0.25) is 0 Å². The molecule has 1 aliphatic heterocycles. The summed E-state index contributed by atoms with van der Waals surface area (Å²) in [6.07, 6.45) is 8.05. The quantitative estimate of drug-likeness (QED) is 0.811. The summed E-state index contributed by atoms with van der Waals surface area (Å²) in [4.78, 5) is 2.66. The second-order valence-electron chi connectivity index (χ2n) is 7.22. The molecule has 1 heterocycles. The molecule has 1 saturated heterocycles. The highest BCUT2D eigenvalue weighted by Crippen LogP contribution is 2.33. The van der Waals surface area contributed by atoms with Crippen LogP contribution in [0.1, 0.15) is 52.4 Å². The fourth-order valence-corrected chi connectivity index (χ4v) is 3.93. The second kappa shape index (κ2) is 7.77. The third-order valence-electron chi connectivity index (χ3n) is 5.50. The molecule has 0 atom stereocenters. The van der Waals surface area contributed by atoms with Crippen molar-refractivity contribution >= 4 is 0 Å². The van der Waals surface area contributed by atoms with Crippen molar-refractivity contribution in [1.82, 2.24) is 10.2 Å². The average Bonchev–Trinajstić information content (AvgIpc) is 2.47. The van der Waals surface area contributed by atoms with E-state index < -0.39 is 0 Å². The summed E-state index contributed by atoms with van der Waals surface area (Å²) in [5, 5.41) is 3.59. The Hall–Kier alpha value is -0.120. The third-order valence-corrected chi connectivity index (χ3v) is 5.50. The van der Waals surface area contributed by atoms with Gasteiger partial charge in [-0.05, 0) is 63.5 Å². The van der Waals surface area contributed by atoms with Gasteiger partial charge >= 0.3 is 0 Å². The first-order valence-corrected chi connectivity index (χ1v) is 8.64. The van der Waals surface area contributed by atoms with E-state index in [1.165, 1.54) is 45.1 Å². The largest absolute Gasteiger partial charge is 0.381 e. The summed E-state index contributed by atoms with van der Waals surface area (Å²) in [6.45, 7) is 9.97. The van der Waals surface area contributed by atoms with Gasteiger partial charge in [0.1, 0.15) is 0 Å². The zero-order chi connectivity index (χ0) is 14.4. The predicted octanol–water partition coefficient (Wildman–Crippen LogP) is 2.90. The Kier molecular flexibility index (Phi) is 6.31. The highest BCUT2D eigenvalue weighted by molar-refractivity contribution is 4.89. The number of hydrogen-bond donors (Lipinski definition) is 1. The first-order chi connectivity index (χ1) is 9.65. The summed E-state index contributed by atoms with van der Waals surface area (Å²) >= 11 is 0. The molecule has 1 N–H and O–H groups in total. The average molecular weight is 282 g/mol. The Morgan fingerprint density at radius 2 is 1.80 bits per heavy atom. The Morgan fingerprint density at radius 3 is 2.40 bits per heavy atom. The monoisotopic (exact) mass is 282 g/mol. The van der Waals surface area contributed by atoms with E-state index in [1.807, 2.05) is 0 Å². The highest BCUT2D eigenvalue weighted by atomic mass is 16.5. The van der Waals surface area contributed by atoms with Gasteiger partial charge in [-0.3, -0.25) is 0 Å². The molecule has 0 bridgehead atoms. The predicted molar refractivity (Wildman–Crippen MR) is 85.1 cm³/mol. The van der Waals surface area contributed by atoms with Gasteiger partial charge in [-0.25, -0.2) is 0 Å². The van der Waals surface area contributed by atoms with Gasteiger partial charge in [-0.1, -0.05) is 13.8 Å². The summed E-state index contributed by atoms with van der Waals surface area (Å²) in [6, 6.07) is 0.813. The van der Waals surface area contributed by atoms with Crippen LogP contribution in [0.3, 0.4) is 0 Å². The molecule has 2 fully saturated rings. The lowest BCUT2D eigenvalue weighted by Gasteiger charge is -2.43. The maximum atomic E-state index is 5.60. The first-order valence-electron chi connectivity index (χ1n) is 8.64. The van der Waals surface area contributed by atoms with E-state index >= 15 is 0 Å². The molecule has 0 radical (unpaired) electrons. The minimum atomic E-state index is 0.437. The summed E-state index contributed by atoms with van der Waals surface area (Å²) in [5.41, 5.74) is 0.437. The van der Waals surface area contributed by atoms with Crippen LogP contribution in [0.25, 0.3) is 0 Å². The van der Waals surface area contributed by atoms with Gasteiger partial charge in [-0.15, -0.1) is 0 Å². The van der Waals surface area contributed by atoms with Gasteiger partial charge in [0.05, 0.1) is 0 Å². The number of ether oxygens (including phenoxy) is 1. The molecule has 2 rings (SSSR count). The lowest BCUT2D eigenvalue weighted by atomic mass is 9.78. The number of nitrogens with zero attached hydrogens (tertiary/aromatic N) is 1. The highest BCUT2D eigenvalue weighted by Gasteiger charge is 2.35. The van der Waals surface area contributed by atoms with Gasteiger partial charge in [0.15, 0.2) is 0 Å². The molecule has 0 aromatic rings. The molecule has 118 valence electrons. The standard InChI is InChI=1S/C17H34N2O/c1-4-18-13-17(9-11-20-12-10-17)14-19(3)16-7-5-15(2)6-8-16/h15-16,18H,4-14H2,1-3H3. The molecule has 3 nitrogen and oxygen atoms in total. The van der Waals surface area contributed by atoms with Crippen LogP contribution < -0.4 is 5.32 Å². The van der Waals surface area contributed by atoms with Gasteiger partial charge < -0.3 is 15.0 Å². The maximum absolute atomic E-state index is 5.60. The van der Waals surface area contributed by atoms with Crippen LogP contribution in [0.15, 0.2) is 0 Å². The van der Waals surface area contributed by atoms with Crippen molar-refractivity contribution in [3.63, 3.8) is 0 Å². The van der Waals surface area contributed by atoms with Crippen LogP contribution in [0.5, 0.6) is 0 Å². The number of rotatable bonds is 6. The van der Waals surface area contributed by atoms with Gasteiger partial charge in [0.25, 0.3) is 0 Å². The lowest BCUT2D eigenvalue weighted by molar-refractivity contribution is -0.00999. The van der Waals surface area contributed by atoms with Crippen molar-refractivity contribution < 1.29 is 4.74 Å². The number of nitrogens with one attached hydrogen (secondary N) is 1. The van der Waals surface area contributed by atoms with Crippen molar-refractivity contribution in [2.45, 2.75) is 58.4 Å². The van der Waals surface area contributed by atoms with Crippen LogP contribution in [0, 0.1) is 11.3 Å². The van der Waals surface area contributed by atoms with Crippen LogP contribution >= 0.6 is 0 Å². The van der Waals surface area contributed by atoms with E-state index in [2.05, 4.69) is 31.1 Å². The Bertz CT molecular complexity index is 268. The van der Waals surface area contributed by atoms with Crippen molar-refractivity contribution in [3.05, 3.63) is 0 Å². The fraction of sp³-hybridized carbons (Fsp3) is 1.00. The first kappa shape index (κ1) is 16.3. The van der Waals surface area contributed by atoms with Crippen molar-refractivity contribution in [3.8, 4) is 0 Å². The molecule has 1 saturated carbocycles. The van der Waals surface area contributed by atoms with E-state index in [-0.39, 0.29) is 0 Å². The summed E-state index contributed by atoms with van der Waals surface area (Å²) in [5.74, 6) is 0.943. The topological polar surface area (TPSA) is 24.5 Å². The molecule has 0 unspecified atom stereocenters. The van der Waals surface area contributed by atoms with E-state index in [4.69, 9.17) is 4.74 Å².